The largest absolute Gasteiger partial charge is 0.497 e. The lowest BCUT2D eigenvalue weighted by molar-refractivity contribution is 0.0950. The fourth-order valence-corrected chi connectivity index (χ4v) is 3.13. The van der Waals surface area contributed by atoms with E-state index in [2.05, 4.69) is 5.32 Å². The number of para-hydroxylation sites is 1. The van der Waals surface area contributed by atoms with E-state index in [1.807, 2.05) is 77.6 Å². The van der Waals surface area contributed by atoms with Gasteiger partial charge < -0.3 is 10.1 Å². The molecule has 0 aliphatic heterocycles. The van der Waals surface area contributed by atoms with Crippen molar-refractivity contribution < 1.29 is 9.53 Å². The van der Waals surface area contributed by atoms with Crippen molar-refractivity contribution in [2.75, 3.05) is 7.11 Å². The van der Waals surface area contributed by atoms with Crippen molar-refractivity contribution in [1.82, 2.24) is 15.1 Å². The molecule has 4 rings (SSSR count). The zero-order valence-electron chi connectivity index (χ0n) is 16.1. The number of hydrogen-bond donors (Lipinski definition) is 1. The Morgan fingerprint density at radius 3 is 2.41 bits per heavy atom. The summed E-state index contributed by atoms with van der Waals surface area (Å²) in [5.74, 6) is 0.495. The van der Waals surface area contributed by atoms with Gasteiger partial charge in [-0.3, -0.25) is 4.79 Å². The molecule has 1 N–H and O–H groups in total. The summed E-state index contributed by atoms with van der Waals surface area (Å²) in [4.78, 5) is 12.6. The predicted octanol–water partition coefficient (Wildman–Crippen LogP) is 4.48. The number of nitrogens with zero attached hydrogens (tertiary/aromatic N) is 2. The monoisotopic (exact) mass is 383 g/mol. The lowest BCUT2D eigenvalue weighted by Gasteiger charge is -2.07. The summed E-state index contributed by atoms with van der Waals surface area (Å²) in [6.45, 7) is 0.368. The van der Waals surface area contributed by atoms with Gasteiger partial charge in [-0.1, -0.05) is 54.6 Å². The van der Waals surface area contributed by atoms with Crippen LogP contribution < -0.4 is 10.1 Å². The highest BCUT2D eigenvalue weighted by atomic mass is 16.5. The van der Waals surface area contributed by atoms with Crippen LogP contribution in [0.3, 0.4) is 0 Å². The Morgan fingerprint density at radius 1 is 0.966 bits per heavy atom. The van der Waals surface area contributed by atoms with Crippen molar-refractivity contribution in [2.45, 2.75) is 6.54 Å². The minimum atomic E-state index is -0.157. The number of methoxy groups -OCH3 is 1. The molecule has 4 aromatic rings. The Labute approximate surface area is 169 Å². The maximum absolute atomic E-state index is 12.6. The summed E-state index contributed by atoms with van der Waals surface area (Å²) in [7, 11) is 1.58. The fourth-order valence-electron chi connectivity index (χ4n) is 3.13. The van der Waals surface area contributed by atoms with Crippen molar-refractivity contribution in [2.24, 2.45) is 0 Å². The summed E-state index contributed by atoms with van der Waals surface area (Å²) in [5, 5.41) is 7.77. The predicted molar refractivity (Wildman–Crippen MR) is 113 cm³/mol. The normalized spacial score (nSPS) is 10.5. The molecule has 0 saturated carbocycles. The molecule has 3 aromatic carbocycles. The van der Waals surface area contributed by atoms with Gasteiger partial charge in [0.1, 0.15) is 5.75 Å². The molecule has 0 aliphatic rings. The van der Waals surface area contributed by atoms with E-state index in [-0.39, 0.29) is 5.91 Å². The van der Waals surface area contributed by atoms with Crippen LogP contribution in [-0.4, -0.2) is 22.8 Å². The van der Waals surface area contributed by atoms with Gasteiger partial charge in [0.05, 0.1) is 18.5 Å². The number of hydrogen-bond acceptors (Lipinski definition) is 3. The lowest BCUT2D eigenvalue weighted by atomic mass is 10.1. The van der Waals surface area contributed by atoms with E-state index in [4.69, 9.17) is 9.84 Å². The molecule has 0 saturated heterocycles. The molecule has 0 unspecified atom stereocenters. The molecule has 1 aromatic heterocycles. The zero-order valence-corrected chi connectivity index (χ0v) is 16.1. The number of carbonyl (C=O) groups is 1. The number of benzene rings is 3. The molecule has 0 aliphatic carbocycles. The first-order valence-corrected chi connectivity index (χ1v) is 9.36. The van der Waals surface area contributed by atoms with Crippen molar-refractivity contribution in [3.63, 3.8) is 0 Å². The average Bonchev–Trinajstić information content (AvgIpc) is 3.23. The maximum atomic E-state index is 12.6. The quantitative estimate of drug-likeness (QED) is 0.534. The average molecular weight is 383 g/mol. The smallest absolute Gasteiger partial charge is 0.251 e. The van der Waals surface area contributed by atoms with E-state index in [1.54, 1.807) is 25.3 Å². The zero-order chi connectivity index (χ0) is 20.1. The Kier molecular flexibility index (Phi) is 5.38. The summed E-state index contributed by atoms with van der Waals surface area (Å²) >= 11 is 0. The van der Waals surface area contributed by atoms with Crippen LogP contribution >= 0.6 is 0 Å². The van der Waals surface area contributed by atoms with Crippen LogP contribution in [0.1, 0.15) is 15.9 Å². The van der Waals surface area contributed by atoms with Gasteiger partial charge in [-0.2, -0.15) is 5.10 Å². The molecule has 1 heterocycles. The lowest BCUT2D eigenvalue weighted by Crippen LogP contribution is -2.22. The molecular weight excluding hydrogens is 362 g/mol. The fraction of sp³-hybridized carbons (Fsp3) is 0.0833. The Hall–Kier alpha value is -3.86. The first kappa shape index (κ1) is 18.5. The molecule has 5 heteroatoms. The third-order valence-corrected chi connectivity index (χ3v) is 4.63. The van der Waals surface area contributed by atoms with Crippen LogP contribution in [0, 0.1) is 0 Å². The molecule has 0 atom stereocenters. The van der Waals surface area contributed by atoms with Gasteiger partial charge in [0.2, 0.25) is 0 Å². The highest BCUT2D eigenvalue weighted by molar-refractivity contribution is 5.94. The van der Waals surface area contributed by atoms with E-state index in [9.17, 15) is 4.79 Å². The number of aromatic nitrogens is 2. The first-order valence-electron chi connectivity index (χ1n) is 9.36. The Bertz CT molecular complexity index is 1110. The van der Waals surface area contributed by atoms with Crippen molar-refractivity contribution >= 4 is 5.91 Å². The van der Waals surface area contributed by atoms with Gasteiger partial charge in [-0.15, -0.1) is 0 Å². The topological polar surface area (TPSA) is 56.1 Å². The van der Waals surface area contributed by atoms with Gasteiger partial charge in [0, 0.05) is 29.4 Å². The highest BCUT2D eigenvalue weighted by Crippen LogP contribution is 2.23. The maximum Gasteiger partial charge on any atom is 0.251 e. The molecule has 5 nitrogen and oxygen atoms in total. The van der Waals surface area contributed by atoms with Gasteiger partial charge >= 0.3 is 0 Å². The van der Waals surface area contributed by atoms with Crippen LogP contribution in [0.4, 0.5) is 0 Å². The van der Waals surface area contributed by atoms with Gasteiger partial charge in [0.15, 0.2) is 0 Å². The van der Waals surface area contributed by atoms with E-state index >= 15 is 0 Å². The van der Waals surface area contributed by atoms with Crippen LogP contribution in [-0.2, 0) is 6.54 Å². The minimum Gasteiger partial charge on any atom is -0.497 e. The molecule has 0 fully saturated rings. The van der Waals surface area contributed by atoms with E-state index in [1.165, 1.54) is 0 Å². The van der Waals surface area contributed by atoms with E-state index < -0.39 is 0 Å². The second kappa shape index (κ2) is 8.44. The number of rotatable bonds is 6. The number of amides is 1. The first-order chi connectivity index (χ1) is 14.2. The number of nitrogens with one attached hydrogen (secondary N) is 1. The van der Waals surface area contributed by atoms with Crippen molar-refractivity contribution in [3.8, 4) is 22.7 Å². The summed E-state index contributed by atoms with van der Waals surface area (Å²) < 4.78 is 7.05. The van der Waals surface area contributed by atoms with Crippen LogP contribution in [0.15, 0.2) is 91.1 Å². The molecular formula is C24H21N3O2. The summed E-state index contributed by atoms with van der Waals surface area (Å²) in [5.41, 5.74) is 4.32. The van der Waals surface area contributed by atoms with E-state index in [0.29, 0.717) is 17.9 Å². The van der Waals surface area contributed by atoms with Crippen LogP contribution in [0.2, 0.25) is 0 Å². The SMILES string of the molecule is COc1cccc(C(=O)NCc2cn(-c3ccccc3)nc2-c2ccccc2)c1. The number of carbonyl (C=O) groups excluding carboxylic acids is 1. The summed E-state index contributed by atoms with van der Waals surface area (Å²) in [6, 6.07) is 27.0. The van der Waals surface area contributed by atoms with E-state index in [0.717, 1.165) is 22.5 Å². The molecule has 29 heavy (non-hydrogen) atoms. The molecule has 0 radical (unpaired) electrons. The molecule has 1 amide bonds. The molecule has 0 bridgehead atoms. The van der Waals surface area contributed by atoms with Gasteiger partial charge in [-0.05, 0) is 30.3 Å². The second-order valence-electron chi connectivity index (χ2n) is 6.56. The Balaban J connectivity index is 1.62. The van der Waals surface area contributed by atoms with Crippen LogP contribution in [0.5, 0.6) is 5.75 Å². The highest BCUT2D eigenvalue weighted by Gasteiger charge is 2.14. The third kappa shape index (κ3) is 4.19. The van der Waals surface area contributed by atoms with Crippen molar-refractivity contribution in [1.29, 1.82) is 0 Å². The standard InChI is InChI=1S/C24H21N3O2/c1-29-22-14-8-11-19(15-22)24(28)25-16-20-17-27(21-12-6-3-7-13-21)26-23(20)18-9-4-2-5-10-18/h2-15,17H,16H2,1H3,(H,25,28). The second-order valence-corrected chi connectivity index (χ2v) is 6.56. The number of ether oxygens (including phenoxy) is 1. The minimum absolute atomic E-state index is 0.157. The van der Waals surface area contributed by atoms with Gasteiger partial charge in [0.25, 0.3) is 5.91 Å². The summed E-state index contributed by atoms with van der Waals surface area (Å²) in [6.07, 6.45) is 1.96. The third-order valence-electron chi connectivity index (χ3n) is 4.63. The molecule has 144 valence electrons. The molecule has 0 spiro atoms. The van der Waals surface area contributed by atoms with Crippen molar-refractivity contribution in [3.05, 3.63) is 102 Å². The Morgan fingerprint density at radius 2 is 1.69 bits per heavy atom. The van der Waals surface area contributed by atoms with Crippen LogP contribution in [0.25, 0.3) is 16.9 Å². The van der Waals surface area contributed by atoms with Gasteiger partial charge in [-0.25, -0.2) is 4.68 Å².